The summed E-state index contributed by atoms with van der Waals surface area (Å²) in [5.74, 6) is -0.172. The first kappa shape index (κ1) is 14.2. The van der Waals surface area contributed by atoms with Crippen molar-refractivity contribution in [3.63, 3.8) is 0 Å². The molecule has 0 saturated carbocycles. The number of hydrogen-bond acceptors (Lipinski definition) is 3. The molecule has 1 atom stereocenters. The SMILES string of the molecule is COC(=O)c1cc(C(C)c2ccccc2O)n2ccccc12. The minimum Gasteiger partial charge on any atom is -0.508 e. The molecule has 2 heterocycles. The van der Waals surface area contributed by atoms with Gasteiger partial charge in [0, 0.05) is 23.4 Å². The van der Waals surface area contributed by atoms with E-state index < -0.39 is 0 Å². The number of para-hydroxylation sites is 1. The standard InChI is InChI=1S/C18H17NO3/c1-12(13-7-3-4-9-17(13)20)16-11-14(18(21)22-2)15-8-5-6-10-19(15)16/h3-12,20H,1-2H3. The van der Waals surface area contributed by atoms with Gasteiger partial charge in [-0.25, -0.2) is 4.79 Å². The number of rotatable bonds is 3. The van der Waals surface area contributed by atoms with Crippen molar-refractivity contribution in [1.29, 1.82) is 0 Å². The highest BCUT2D eigenvalue weighted by atomic mass is 16.5. The molecule has 2 aromatic heterocycles. The molecule has 0 aliphatic rings. The Kier molecular flexibility index (Phi) is 3.59. The minimum absolute atomic E-state index is 0.0606. The fraction of sp³-hybridized carbons (Fsp3) is 0.167. The predicted octanol–water partition coefficient (Wildman–Crippen LogP) is 3.58. The third-order valence-electron chi connectivity index (χ3n) is 3.96. The van der Waals surface area contributed by atoms with Crippen LogP contribution in [-0.4, -0.2) is 22.6 Å². The van der Waals surface area contributed by atoms with Crippen LogP contribution in [0.2, 0.25) is 0 Å². The molecule has 0 bridgehead atoms. The topological polar surface area (TPSA) is 50.9 Å². The number of pyridine rings is 1. The van der Waals surface area contributed by atoms with E-state index in [4.69, 9.17) is 4.74 Å². The fourth-order valence-corrected chi connectivity index (χ4v) is 2.80. The lowest BCUT2D eigenvalue weighted by molar-refractivity contribution is 0.0603. The first-order valence-electron chi connectivity index (χ1n) is 7.09. The molecule has 22 heavy (non-hydrogen) atoms. The average molecular weight is 295 g/mol. The Morgan fingerprint density at radius 3 is 2.64 bits per heavy atom. The zero-order valence-electron chi connectivity index (χ0n) is 12.5. The van der Waals surface area contributed by atoms with E-state index in [2.05, 4.69) is 0 Å². The van der Waals surface area contributed by atoms with Crippen LogP contribution in [0, 0.1) is 0 Å². The van der Waals surface area contributed by atoms with Crippen molar-refractivity contribution in [2.24, 2.45) is 0 Å². The largest absolute Gasteiger partial charge is 0.508 e. The van der Waals surface area contributed by atoms with Crippen LogP contribution in [-0.2, 0) is 4.74 Å². The molecule has 112 valence electrons. The van der Waals surface area contributed by atoms with Crippen molar-refractivity contribution >= 4 is 11.5 Å². The Morgan fingerprint density at radius 1 is 1.18 bits per heavy atom. The van der Waals surface area contributed by atoms with E-state index in [0.717, 1.165) is 16.8 Å². The van der Waals surface area contributed by atoms with Crippen LogP contribution in [0.1, 0.15) is 34.5 Å². The lowest BCUT2D eigenvalue weighted by Crippen LogP contribution is -2.00. The van der Waals surface area contributed by atoms with E-state index in [-0.39, 0.29) is 17.6 Å². The van der Waals surface area contributed by atoms with Crippen LogP contribution < -0.4 is 0 Å². The van der Waals surface area contributed by atoms with Crippen molar-refractivity contribution in [2.75, 3.05) is 7.11 Å². The Balaban J connectivity index is 2.19. The highest BCUT2D eigenvalue weighted by Crippen LogP contribution is 2.33. The van der Waals surface area contributed by atoms with Gasteiger partial charge in [-0.05, 0) is 24.3 Å². The summed E-state index contributed by atoms with van der Waals surface area (Å²) in [7, 11) is 1.38. The molecule has 1 unspecified atom stereocenters. The third-order valence-corrected chi connectivity index (χ3v) is 3.96. The zero-order chi connectivity index (χ0) is 15.7. The van der Waals surface area contributed by atoms with Crippen LogP contribution >= 0.6 is 0 Å². The summed E-state index contributed by atoms with van der Waals surface area (Å²) in [6, 6.07) is 14.8. The first-order valence-corrected chi connectivity index (χ1v) is 7.09. The number of fused-ring (bicyclic) bond motifs is 1. The summed E-state index contributed by atoms with van der Waals surface area (Å²) in [6.07, 6.45) is 1.91. The van der Waals surface area contributed by atoms with E-state index in [1.165, 1.54) is 7.11 Å². The number of benzene rings is 1. The van der Waals surface area contributed by atoms with Crippen molar-refractivity contribution in [2.45, 2.75) is 12.8 Å². The van der Waals surface area contributed by atoms with E-state index in [0.29, 0.717) is 5.56 Å². The molecule has 0 radical (unpaired) electrons. The van der Waals surface area contributed by atoms with Gasteiger partial charge in [0.25, 0.3) is 0 Å². The number of carbonyl (C=O) groups excluding carboxylic acids is 1. The molecule has 3 rings (SSSR count). The van der Waals surface area contributed by atoms with Crippen molar-refractivity contribution in [3.8, 4) is 5.75 Å². The lowest BCUT2D eigenvalue weighted by atomic mass is 9.96. The molecular weight excluding hydrogens is 278 g/mol. The summed E-state index contributed by atoms with van der Waals surface area (Å²) in [6.45, 7) is 2.00. The van der Waals surface area contributed by atoms with Gasteiger partial charge in [-0.15, -0.1) is 0 Å². The van der Waals surface area contributed by atoms with E-state index >= 15 is 0 Å². The smallest absolute Gasteiger partial charge is 0.340 e. The van der Waals surface area contributed by atoms with Gasteiger partial charge in [-0.1, -0.05) is 31.2 Å². The Morgan fingerprint density at radius 2 is 1.91 bits per heavy atom. The van der Waals surface area contributed by atoms with Crippen LogP contribution in [0.3, 0.4) is 0 Å². The van der Waals surface area contributed by atoms with Gasteiger partial charge in [0.05, 0.1) is 18.2 Å². The molecule has 4 nitrogen and oxygen atoms in total. The highest BCUT2D eigenvalue weighted by molar-refractivity contribution is 5.97. The van der Waals surface area contributed by atoms with E-state index in [1.54, 1.807) is 12.1 Å². The van der Waals surface area contributed by atoms with Crippen molar-refractivity contribution < 1.29 is 14.6 Å². The molecule has 0 fully saturated rings. The van der Waals surface area contributed by atoms with Crippen LogP contribution in [0.25, 0.3) is 5.52 Å². The van der Waals surface area contributed by atoms with Crippen LogP contribution in [0.15, 0.2) is 54.7 Å². The van der Waals surface area contributed by atoms with Gasteiger partial charge in [-0.2, -0.15) is 0 Å². The number of hydrogen-bond donors (Lipinski definition) is 1. The van der Waals surface area contributed by atoms with Crippen molar-refractivity contribution in [3.05, 3.63) is 71.5 Å². The highest BCUT2D eigenvalue weighted by Gasteiger charge is 2.21. The number of aromatic hydroxyl groups is 1. The number of aromatic nitrogens is 1. The number of methoxy groups -OCH3 is 1. The van der Waals surface area contributed by atoms with Gasteiger partial charge in [0.1, 0.15) is 5.75 Å². The molecule has 0 saturated heterocycles. The van der Waals surface area contributed by atoms with Gasteiger partial charge >= 0.3 is 5.97 Å². The van der Waals surface area contributed by atoms with E-state index in [1.807, 2.05) is 53.9 Å². The molecule has 4 heteroatoms. The third kappa shape index (κ3) is 2.22. The summed E-state index contributed by atoms with van der Waals surface area (Å²) in [4.78, 5) is 12.0. The normalized spacial score (nSPS) is 12.3. The second-order valence-electron chi connectivity index (χ2n) is 5.21. The van der Waals surface area contributed by atoms with E-state index in [9.17, 15) is 9.90 Å². The second-order valence-corrected chi connectivity index (χ2v) is 5.21. The summed E-state index contributed by atoms with van der Waals surface area (Å²) >= 11 is 0. The number of esters is 1. The first-order chi connectivity index (χ1) is 10.6. The molecule has 0 spiro atoms. The number of phenolic OH excluding ortho intramolecular Hbond substituents is 1. The van der Waals surface area contributed by atoms with Crippen LogP contribution in [0.4, 0.5) is 0 Å². The van der Waals surface area contributed by atoms with Crippen molar-refractivity contribution in [1.82, 2.24) is 4.40 Å². The molecule has 0 amide bonds. The Labute approximate surface area is 128 Å². The number of phenols is 1. The predicted molar refractivity (Wildman–Crippen MR) is 84.4 cm³/mol. The summed E-state index contributed by atoms with van der Waals surface area (Å²) < 4.78 is 6.83. The molecule has 3 aromatic rings. The molecular formula is C18H17NO3. The lowest BCUT2D eigenvalue weighted by Gasteiger charge is -2.14. The van der Waals surface area contributed by atoms with Gasteiger partial charge in [0.2, 0.25) is 0 Å². The van der Waals surface area contributed by atoms with Gasteiger partial charge < -0.3 is 14.2 Å². The number of ether oxygens (including phenoxy) is 1. The number of nitrogens with zero attached hydrogens (tertiary/aromatic N) is 1. The zero-order valence-corrected chi connectivity index (χ0v) is 12.5. The summed E-state index contributed by atoms with van der Waals surface area (Å²) in [5.41, 5.74) is 3.08. The molecule has 1 N–H and O–H groups in total. The maximum absolute atomic E-state index is 12.0. The Hall–Kier alpha value is -2.75. The second kappa shape index (κ2) is 5.56. The molecule has 0 aliphatic heterocycles. The maximum atomic E-state index is 12.0. The minimum atomic E-state index is -0.362. The van der Waals surface area contributed by atoms with Crippen LogP contribution in [0.5, 0.6) is 5.75 Å². The summed E-state index contributed by atoms with van der Waals surface area (Å²) in [5, 5.41) is 10.1. The average Bonchev–Trinajstić information content (AvgIpc) is 2.94. The molecule has 0 aliphatic carbocycles. The quantitative estimate of drug-likeness (QED) is 0.751. The fourth-order valence-electron chi connectivity index (χ4n) is 2.80. The number of carbonyl (C=O) groups is 1. The molecule has 1 aromatic carbocycles. The van der Waals surface area contributed by atoms with Gasteiger partial charge in [-0.3, -0.25) is 0 Å². The maximum Gasteiger partial charge on any atom is 0.340 e. The monoisotopic (exact) mass is 295 g/mol. The van der Waals surface area contributed by atoms with Gasteiger partial charge in [0.15, 0.2) is 0 Å². The Bertz CT molecular complexity index is 835.